The summed E-state index contributed by atoms with van der Waals surface area (Å²) in [5.74, 6) is 0. The van der Waals surface area contributed by atoms with Crippen LogP contribution in [0.3, 0.4) is 0 Å². The average Bonchev–Trinajstić information content (AvgIpc) is 2.15. The van der Waals surface area contributed by atoms with Crippen LogP contribution in [-0.2, 0) is 6.18 Å². The van der Waals surface area contributed by atoms with Crippen LogP contribution in [0.2, 0.25) is 0 Å². The second-order valence-electron chi connectivity index (χ2n) is 3.38. The summed E-state index contributed by atoms with van der Waals surface area (Å²) >= 11 is 0. The van der Waals surface area contributed by atoms with Gasteiger partial charge in [0.25, 0.3) is 0 Å². The molecule has 3 nitrogen and oxygen atoms in total. The number of alkyl halides is 3. The van der Waals surface area contributed by atoms with Gasteiger partial charge in [0.05, 0.1) is 17.2 Å². The summed E-state index contributed by atoms with van der Waals surface area (Å²) in [7, 11) is 3.32. The average molecular weight is 229 g/mol. The van der Waals surface area contributed by atoms with Crippen molar-refractivity contribution in [2.45, 2.75) is 6.18 Å². The molecule has 1 aromatic rings. The Labute approximate surface area is 91.1 Å². The Morgan fingerprint density at radius 2 is 1.94 bits per heavy atom. The Morgan fingerprint density at radius 1 is 1.31 bits per heavy atom. The molecule has 0 aromatic heterocycles. The van der Waals surface area contributed by atoms with Gasteiger partial charge in [-0.1, -0.05) is 0 Å². The van der Waals surface area contributed by atoms with Crippen LogP contribution in [0.4, 0.5) is 18.9 Å². The third-order valence-electron chi connectivity index (χ3n) is 1.80. The third-order valence-corrected chi connectivity index (χ3v) is 1.80. The lowest BCUT2D eigenvalue weighted by Gasteiger charge is -2.16. The van der Waals surface area contributed by atoms with Crippen molar-refractivity contribution in [3.05, 3.63) is 29.3 Å². The summed E-state index contributed by atoms with van der Waals surface area (Å²) < 4.78 is 37.7. The highest BCUT2D eigenvalue weighted by Crippen LogP contribution is 2.33. The summed E-state index contributed by atoms with van der Waals surface area (Å²) in [5.41, 5.74) is 1.67. The van der Waals surface area contributed by atoms with Crippen LogP contribution in [0, 0.1) is 11.3 Å². The molecule has 86 valence electrons. The van der Waals surface area contributed by atoms with Crippen LogP contribution in [0.15, 0.2) is 18.2 Å². The lowest BCUT2D eigenvalue weighted by molar-refractivity contribution is -0.137. The van der Waals surface area contributed by atoms with Gasteiger partial charge in [-0.15, -0.1) is 0 Å². The smallest absolute Gasteiger partial charge is 0.319 e. The summed E-state index contributed by atoms with van der Waals surface area (Å²) in [6, 6.07) is 5.01. The number of nitrogens with one attached hydrogen (secondary N) is 1. The maximum Gasteiger partial charge on any atom is 0.417 e. The molecule has 0 saturated carbocycles. The first-order valence-electron chi connectivity index (χ1n) is 4.40. The highest BCUT2D eigenvalue weighted by molar-refractivity contribution is 5.52. The van der Waals surface area contributed by atoms with Gasteiger partial charge in [-0.05, 0) is 18.2 Å². The number of hydrogen-bond donors (Lipinski definition) is 1. The van der Waals surface area contributed by atoms with E-state index >= 15 is 0 Å². The molecular weight excluding hydrogens is 219 g/mol. The SMILES string of the molecule is CN(C)Nc1ccc(C#N)c(C(F)(F)F)c1. The van der Waals surface area contributed by atoms with Gasteiger partial charge in [0.15, 0.2) is 0 Å². The number of anilines is 1. The molecule has 0 amide bonds. The number of hydrogen-bond acceptors (Lipinski definition) is 3. The lowest BCUT2D eigenvalue weighted by atomic mass is 10.1. The van der Waals surface area contributed by atoms with E-state index in [2.05, 4.69) is 5.43 Å². The molecule has 16 heavy (non-hydrogen) atoms. The molecule has 0 saturated heterocycles. The number of halogens is 3. The molecule has 0 aliphatic rings. The Kier molecular flexibility index (Phi) is 3.40. The predicted octanol–water partition coefficient (Wildman–Crippen LogP) is 2.47. The van der Waals surface area contributed by atoms with Gasteiger partial charge in [-0.25, -0.2) is 5.01 Å². The first-order chi connectivity index (χ1) is 7.34. The highest BCUT2D eigenvalue weighted by Gasteiger charge is 2.33. The highest BCUT2D eigenvalue weighted by atomic mass is 19.4. The molecule has 0 unspecified atom stereocenters. The molecule has 6 heteroatoms. The summed E-state index contributed by atoms with van der Waals surface area (Å²) in [4.78, 5) is 0. The quantitative estimate of drug-likeness (QED) is 0.792. The van der Waals surface area contributed by atoms with E-state index in [-0.39, 0.29) is 11.3 Å². The second kappa shape index (κ2) is 4.41. The molecule has 0 bridgehead atoms. The Hall–Kier alpha value is -1.74. The van der Waals surface area contributed by atoms with Crippen molar-refractivity contribution in [3.8, 4) is 6.07 Å². The first-order valence-corrected chi connectivity index (χ1v) is 4.40. The predicted molar refractivity (Wildman–Crippen MR) is 53.5 cm³/mol. The molecule has 0 aliphatic carbocycles. The number of nitrogens with zero attached hydrogens (tertiary/aromatic N) is 2. The van der Waals surface area contributed by atoms with Gasteiger partial charge >= 0.3 is 6.18 Å². The van der Waals surface area contributed by atoms with Gasteiger partial charge in [-0.2, -0.15) is 18.4 Å². The van der Waals surface area contributed by atoms with Gasteiger partial charge < -0.3 is 5.43 Å². The van der Waals surface area contributed by atoms with Crippen LogP contribution >= 0.6 is 0 Å². The van der Waals surface area contributed by atoms with Crippen molar-refractivity contribution < 1.29 is 13.2 Å². The van der Waals surface area contributed by atoms with E-state index < -0.39 is 11.7 Å². The molecule has 1 N–H and O–H groups in total. The zero-order valence-electron chi connectivity index (χ0n) is 8.76. The minimum absolute atomic E-state index is 0.288. The topological polar surface area (TPSA) is 39.1 Å². The Morgan fingerprint density at radius 3 is 2.38 bits per heavy atom. The van der Waals surface area contributed by atoms with E-state index in [4.69, 9.17) is 5.26 Å². The van der Waals surface area contributed by atoms with E-state index in [1.807, 2.05) is 0 Å². The number of nitriles is 1. The molecule has 1 aromatic carbocycles. The fourth-order valence-corrected chi connectivity index (χ4v) is 1.20. The van der Waals surface area contributed by atoms with E-state index in [0.717, 1.165) is 12.1 Å². The third kappa shape index (κ3) is 2.87. The van der Waals surface area contributed by atoms with Gasteiger partial charge in [0.1, 0.15) is 0 Å². The monoisotopic (exact) mass is 229 g/mol. The van der Waals surface area contributed by atoms with Gasteiger partial charge in [0.2, 0.25) is 0 Å². The van der Waals surface area contributed by atoms with Gasteiger partial charge in [0, 0.05) is 19.8 Å². The van der Waals surface area contributed by atoms with Crippen LogP contribution in [0.1, 0.15) is 11.1 Å². The first kappa shape index (κ1) is 12.3. The minimum Gasteiger partial charge on any atom is -0.319 e. The van der Waals surface area contributed by atoms with E-state index in [0.29, 0.717) is 0 Å². The number of hydrazine groups is 1. The van der Waals surface area contributed by atoms with Crippen molar-refractivity contribution in [1.82, 2.24) is 5.01 Å². The summed E-state index contributed by atoms with van der Waals surface area (Å²) in [5, 5.41) is 10.1. The maximum atomic E-state index is 12.6. The van der Waals surface area contributed by atoms with Crippen molar-refractivity contribution in [2.75, 3.05) is 19.5 Å². The Bertz CT molecular complexity index is 418. The fourth-order valence-electron chi connectivity index (χ4n) is 1.20. The zero-order valence-corrected chi connectivity index (χ0v) is 8.76. The molecule has 0 aliphatic heterocycles. The van der Waals surface area contributed by atoms with Crippen molar-refractivity contribution in [2.24, 2.45) is 0 Å². The number of benzene rings is 1. The van der Waals surface area contributed by atoms with Gasteiger partial charge in [-0.3, -0.25) is 0 Å². The molecule has 0 heterocycles. The normalized spacial score (nSPS) is 11.3. The van der Waals surface area contributed by atoms with E-state index in [9.17, 15) is 13.2 Å². The van der Waals surface area contributed by atoms with Crippen molar-refractivity contribution >= 4 is 5.69 Å². The minimum atomic E-state index is -4.52. The summed E-state index contributed by atoms with van der Waals surface area (Å²) in [6.45, 7) is 0. The van der Waals surface area contributed by atoms with Crippen LogP contribution in [0.5, 0.6) is 0 Å². The molecule has 0 fully saturated rings. The van der Waals surface area contributed by atoms with E-state index in [1.165, 1.54) is 17.1 Å². The standard InChI is InChI=1S/C10H10F3N3/c1-16(2)15-8-4-3-7(6-14)9(5-8)10(11,12)13/h3-5,15H,1-2H3. The molecule has 0 atom stereocenters. The van der Waals surface area contributed by atoms with Crippen LogP contribution in [-0.4, -0.2) is 19.1 Å². The second-order valence-corrected chi connectivity index (χ2v) is 3.38. The zero-order chi connectivity index (χ0) is 12.3. The maximum absolute atomic E-state index is 12.6. The lowest BCUT2D eigenvalue weighted by Crippen LogP contribution is -2.20. The largest absolute Gasteiger partial charge is 0.417 e. The Balaban J connectivity index is 3.18. The van der Waals surface area contributed by atoms with Crippen LogP contribution in [0.25, 0.3) is 0 Å². The number of rotatable bonds is 2. The molecular formula is C10H10F3N3. The molecule has 0 radical (unpaired) electrons. The van der Waals surface area contributed by atoms with Crippen LogP contribution < -0.4 is 5.43 Å². The summed E-state index contributed by atoms with van der Waals surface area (Å²) in [6.07, 6.45) is -4.52. The van der Waals surface area contributed by atoms with Crippen molar-refractivity contribution in [3.63, 3.8) is 0 Å². The fraction of sp³-hybridized carbons (Fsp3) is 0.300. The van der Waals surface area contributed by atoms with E-state index in [1.54, 1.807) is 14.1 Å². The molecule has 0 spiro atoms. The van der Waals surface area contributed by atoms with Crippen molar-refractivity contribution in [1.29, 1.82) is 5.26 Å². The molecule has 1 rings (SSSR count).